The monoisotopic (exact) mass is 279 g/mol. The average molecular weight is 279 g/mol. The summed E-state index contributed by atoms with van der Waals surface area (Å²) < 4.78 is 13.2. The van der Waals surface area contributed by atoms with E-state index in [2.05, 4.69) is 0 Å². The fraction of sp³-hybridized carbons (Fsp3) is 0.467. The third-order valence-electron chi connectivity index (χ3n) is 3.79. The van der Waals surface area contributed by atoms with E-state index in [1.807, 2.05) is 0 Å². The maximum Gasteiger partial charge on any atom is 0.326 e. The molecule has 2 atom stereocenters. The molecular formula is C15H18FNO3. The van der Waals surface area contributed by atoms with Crippen LogP contribution in [0.4, 0.5) is 4.39 Å². The minimum atomic E-state index is -0.968. The summed E-state index contributed by atoms with van der Waals surface area (Å²) in [6, 6.07) is 5.13. The van der Waals surface area contributed by atoms with Gasteiger partial charge in [-0.2, -0.15) is 0 Å². The maximum absolute atomic E-state index is 13.2. The van der Waals surface area contributed by atoms with Crippen LogP contribution in [0.2, 0.25) is 0 Å². The Morgan fingerprint density at radius 1 is 1.40 bits per heavy atom. The van der Waals surface area contributed by atoms with Crippen molar-refractivity contribution < 1.29 is 19.1 Å². The normalized spacial score (nSPS) is 20.5. The van der Waals surface area contributed by atoms with Crippen LogP contribution in [0.3, 0.4) is 0 Å². The molecule has 0 aromatic heterocycles. The lowest BCUT2D eigenvalue weighted by molar-refractivity contribution is -0.152. The first-order chi connectivity index (χ1) is 9.50. The summed E-state index contributed by atoms with van der Waals surface area (Å²) in [5.41, 5.74) is 0.574. The van der Waals surface area contributed by atoms with Crippen LogP contribution in [0, 0.1) is 5.82 Å². The fourth-order valence-corrected chi connectivity index (χ4v) is 2.62. The Labute approximate surface area is 117 Å². The number of aliphatic carboxylic acids is 1. The molecule has 5 heteroatoms. The van der Waals surface area contributed by atoms with E-state index < -0.39 is 23.7 Å². The van der Waals surface area contributed by atoms with Crippen molar-refractivity contribution >= 4 is 11.9 Å². The van der Waals surface area contributed by atoms with Gasteiger partial charge in [0.25, 0.3) is 0 Å². The summed E-state index contributed by atoms with van der Waals surface area (Å²) in [5.74, 6) is -2.14. The van der Waals surface area contributed by atoms with Crippen LogP contribution in [0.25, 0.3) is 0 Å². The standard InChI is InChI=1S/C15H18FNO3/c1-10(11-5-4-6-12(16)9-11)14(18)17-8-3-2-7-13(17)15(19)20/h4-6,9-10,13H,2-3,7-8H2,1H3,(H,19,20)/t10?,13-/m1/s1. The molecular weight excluding hydrogens is 261 g/mol. The number of benzene rings is 1. The van der Waals surface area contributed by atoms with E-state index in [4.69, 9.17) is 0 Å². The van der Waals surface area contributed by atoms with Crippen molar-refractivity contribution in [3.63, 3.8) is 0 Å². The SMILES string of the molecule is CC(C(=O)N1CCCC[C@@H]1C(=O)O)c1cccc(F)c1. The van der Waals surface area contributed by atoms with Crippen molar-refractivity contribution in [1.82, 2.24) is 4.90 Å². The number of likely N-dealkylation sites (tertiary alicyclic amines) is 1. The molecule has 1 aromatic rings. The number of hydrogen-bond acceptors (Lipinski definition) is 2. The van der Waals surface area contributed by atoms with Gasteiger partial charge in [0.05, 0.1) is 5.92 Å². The van der Waals surface area contributed by atoms with Crippen LogP contribution in [-0.4, -0.2) is 34.5 Å². The highest BCUT2D eigenvalue weighted by Crippen LogP contribution is 2.24. The number of carboxylic acids is 1. The van der Waals surface area contributed by atoms with Crippen molar-refractivity contribution in [3.05, 3.63) is 35.6 Å². The second-order valence-electron chi connectivity index (χ2n) is 5.16. The molecule has 0 saturated carbocycles. The van der Waals surface area contributed by atoms with Crippen LogP contribution in [0.15, 0.2) is 24.3 Å². The molecule has 2 rings (SSSR count). The molecule has 0 spiro atoms. The number of rotatable bonds is 3. The van der Waals surface area contributed by atoms with Crippen LogP contribution in [-0.2, 0) is 9.59 Å². The van der Waals surface area contributed by atoms with Crippen LogP contribution < -0.4 is 0 Å². The largest absolute Gasteiger partial charge is 0.480 e. The lowest BCUT2D eigenvalue weighted by Gasteiger charge is -2.34. The first kappa shape index (κ1) is 14.5. The zero-order chi connectivity index (χ0) is 14.7. The molecule has 1 aromatic carbocycles. The predicted molar refractivity (Wildman–Crippen MR) is 71.8 cm³/mol. The number of carbonyl (C=O) groups is 2. The molecule has 1 aliphatic rings. The van der Waals surface area contributed by atoms with Crippen LogP contribution in [0.1, 0.15) is 37.7 Å². The fourth-order valence-electron chi connectivity index (χ4n) is 2.62. The number of hydrogen-bond donors (Lipinski definition) is 1. The van der Waals surface area contributed by atoms with Crippen LogP contribution >= 0.6 is 0 Å². The zero-order valence-corrected chi connectivity index (χ0v) is 11.4. The van der Waals surface area contributed by atoms with Gasteiger partial charge >= 0.3 is 5.97 Å². The predicted octanol–water partition coefficient (Wildman–Crippen LogP) is 2.39. The van der Waals surface area contributed by atoms with E-state index in [9.17, 15) is 19.1 Å². The molecule has 0 aliphatic carbocycles. The molecule has 1 aliphatic heterocycles. The minimum absolute atomic E-state index is 0.247. The Kier molecular flexibility index (Phi) is 4.37. The molecule has 0 radical (unpaired) electrons. The van der Waals surface area contributed by atoms with Gasteiger partial charge in [0.15, 0.2) is 0 Å². The summed E-state index contributed by atoms with van der Waals surface area (Å²) in [6.07, 6.45) is 2.11. The van der Waals surface area contributed by atoms with E-state index in [0.717, 1.165) is 12.8 Å². The van der Waals surface area contributed by atoms with Gasteiger partial charge < -0.3 is 10.0 Å². The highest BCUT2D eigenvalue weighted by atomic mass is 19.1. The first-order valence-corrected chi connectivity index (χ1v) is 6.79. The van der Waals surface area contributed by atoms with Crippen molar-refractivity contribution in [2.24, 2.45) is 0 Å². The van der Waals surface area contributed by atoms with E-state index in [1.165, 1.54) is 17.0 Å². The van der Waals surface area contributed by atoms with Crippen molar-refractivity contribution in [2.75, 3.05) is 6.54 Å². The number of nitrogens with zero attached hydrogens (tertiary/aromatic N) is 1. The summed E-state index contributed by atoms with van der Waals surface area (Å²) in [7, 11) is 0. The van der Waals surface area contributed by atoms with Crippen molar-refractivity contribution in [3.8, 4) is 0 Å². The Balaban J connectivity index is 2.18. The van der Waals surface area contributed by atoms with E-state index in [1.54, 1.807) is 19.1 Å². The molecule has 108 valence electrons. The van der Waals surface area contributed by atoms with Gasteiger partial charge in [0.1, 0.15) is 11.9 Å². The number of amides is 1. The first-order valence-electron chi connectivity index (χ1n) is 6.79. The van der Waals surface area contributed by atoms with Gasteiger partial charge in [-0.1, -0.05) is 12.1 Å². The lowest BCUT2D eigenvalue weighted by atomic mass is 9.95. The van der Waals surface area contributed by atoms with Crippen LogP contribution in [0.5, 0.6) is 0 Å². The molecule has 1 saturated heterocycles. The molecule has 1 unspecified atom stereocenters. The molecule has 1 amide bonds. The third-order valence-corrected chi connectivity index (χ3v) is 3.79. The molecule has 4 nitrogen and oxygen atoms in total. The van der Waals surface area contributed by atoms with Gasteiger partial charge in [0, 0.05) is 6.54 Å². The topological polar surface area (TPSA) is 57.6 Å². The smallest absolute Gasteiger partial charge is 0.326 e. The van der Waals surface area contributed by atoms with E-state index in [-0.39, 0.29) is 5.91 Å². The highest BCUT2D eigenvalue weighted by Gasteiger charge is 2.34. The Bertz CT molecular complexity index is 518. The van der Waals surface area contributed by atoms with Gasteiger partial charge in [-0.3, -0.25) is 4.79 Å². The Morgan fingerprint density at radius 2 is 2.15 bits per heavy atom. The average Bonchev–Trinajstić information content (AvgIpc) is 2.45. The summed E-state index contributed by atoms with van der Waals surface area (Å²) in [4.78, 5) is 25.1. The zero-order valence-electron chi connectivity index (χ0n) is 11.4. The number of carbonyl (C=O) groups excluding carboxylic acids is 1. The number of halogens is 1. The van der Waals surface area contributed by atoms with Gasteiger partial charge in [-0.25, -0.2) is 9.18 Å². The molecule has 1 fully saturated rings. The summed E-state index contributed by atoms with van der Waals surface area (Å²) in [5, 5.41) is 9.20. The number of carboxylic acid groups (broad SMARTS) is 1. The highest BCUT2D eigenvalue weighted by molar-refractivity contribution is 5.88. The molecule has 1 N–H and O–H groups in total. The molecule has 0 bridgehead atoms. The van der Waals surface area contributed by atoms with Gasteiger partial charge in [-0.15, -0.1) is 0 Å². The Morgan fingerprint density at radius 3 is 2.80 bits per heavy atom. The summed E-state index contributed by atoms with van der Waals surface area (Å²) in [6.45, 7) is 2.14. The number of piperidine rings is 1. The Hall–Kier alpha value is -1.91. The van der Waals surface area contributed by atoms with Crippen molar-refractivity contribution in [1.29, 1.82) is 0 Å². The van der Waals surface area contributed by atoms with Gasteiger partial charge in [0.2, 0.25) is 5.91 Å². The molecule has 1 heterocycles. The quantitative estimate of drug-likeness (QED) is 0.924. The van der Waals surface area contributed by atoms with Gasteiger partial charge in [-0.05, 0) is 43.9 Å². The van der Waals surface area contributed by atoms with E-state index in [0.29, 0.717) is 18.5 Å². The lowest BCUT2D eigenvalue weighted by Crippen LogP contribution is -2.49. The summed E-state index contributed by atoms with van der Waals surface area (Å²) >= 11 is 0. The maximum atomic E-state index is 13.2. The van der Waals surface area contributed by atoms with Crippen molar-refractivity contribution in [2.45, 2.75) is 38.1 Å². The van der Waals surface area contributed by atoms with E-state index >= 15 is 0 Å². The molecule has 20 heavy (non-hydrogen) atoms. The second-order valence-corrected chi connectivity index (χ2v) is 5.16. The second kappa shape index (κ2) is 6.03. The minimum Gasteiger partial charge on any atom is -0.480 e. The third kappa shape index (κ3) is 2.98.